The van der Waals surface area contributed by atoms with Crippen LogP contribution >= 0.6 is 0 Å². The van der Waals surface area contributed by atoms with Crippen molar-refractivity contribution in [2.45, 2.75) is 51.9 Å². The Labute approximate surface area is 235 Å². The standard InChI is InChI=1S/C29H30N2O4.C4H8O/c1-17-26(28(33)35-4)29(2,16-18-8-7-10-22-20(18)12-13-30-22)27-23(31-17)14-19(15-24(27)32)21-9-5-6-11-25(21)34-3;1-2-4-5-3-1/h5-13,19,30-31H,14-16H2,1-4H3;1-4H2/t19?,29-;/m1./s1. The average molecular weight is 543 g/mol. The highest BCUT2D eigenvalue weighted by molar-refractivity contribution is 6.04. The highest BCUT2D eigenvalue weighted by Crippen LogP contribution is 2.50. The fourth-order valence-electron chi connectivity index (χ4n) is 6.57. The molecule has 210 valence electrons. The topological polar surface area (TPSA) is 89.7 Å². The van der Waals surface area contributed by atoms with Crippen LogP contribution in [-0.4, -0.2) is 44.2 Å². The lowest BCUT2D eigenvalue weighted by Crippen LogP contribution is -2.44. The van der Waals surface area contributed by atoms with Crippen molar-refractivity contribution in [1.29, 1.82) is 0 Å². The summed E-state index contributed by atoms with van der Waals surface area (Å²) in [4.78, 5) is 30.2. The van der Waals surface area contributed by atoms with Crippen LogP contribution in [0, 0.1) is 5.41 Å². The first-order valence-electron chi connectivity index (χ1n) is 14.0. The Balaban J connectivity index is 0.000000582. The van der Waals surface area contributed by atoms with Crippen LogP contribution in [0.15, 0.2) is 77.3 Å². The Bertz CT molecular complexity index is 1470. The summed E-state index contributed by atoms with van der Waals surface area (Å²) in [5.74, 6) is 0.418. The normalized spacial score (nSPS) is 22.4. The minimum absolute atomic E-state index is 0.00488. The van der Waals surface area contributed by atoms with Gasteiger partial charge in [0, 0.05) is 65.0 Å². The molecule has 2 N–H and O–H groups in total. The summed E-state index contributed by atoms with van der Waals surface area (Å²) in [5, 5.41) is 4.50. The molecule has 0 radical (unpaired) electrons. The molecule has 7 nitrogen and oxygen atoms in total. The number of hydrogen-bond donors (Lipinski definition) is 2. The van der Waals surface area contributed by atoms with Gasteiger partial charge in [-0.05, 0) is 61.9 Å². The lowest BCUT2D eigenvalue weighted by Gasteiger charge is -2.43. The van der Waals surface area contributed by atoms with Gasteiger partial charge in [0.1, 0.15) is 5.75 Å². The van der Waals surface area contributed by atoms with E-state index in [4.69, 9.17) is 14.2 Å². The summed E-state index contributed by atoms with van der Waals surface area (Å²) in [6.45, 7) is 5.90. The van der Waals surface area contributed by atoms with Crippen molar-refractivity contribution >= 4 is 22.7 Å². The predicted octanol–water partition coefficient (Wildman–Crippen LogP) is 5.97. The quantitative estimate of drug-likeness (QED) is 0.386. The number of esters is 1. The first kappa shape index (κ1) is 27.7. The van der Waals surface area contributed by atoms with Crippen molar-refractivity contribution in [2.75, 3.05) is 27.4 Å². The Morgan fingerprint density at radius 2 is 1.82 bits per heavy atom. The van der Waals surface area contributed by atoms with Crippen LogP contribution in [0.4, 0.5) is 0 Å². The van der Waals surface area contributed by atoms with Gasteiger partial charge in [-0.2, -0.15) is 0 Å². The zero-order valence-electron chi connectivity index (χ0n) is 23.8. The van der Waals surface area contributed by atoms with Gasteiger partial charge in [0.05, 0.1) is 19.8 Å². The molecule has 0 spiro atoms. The minimum atomic E-state index is -0.827. The molecule has 2 atom stereocenters. The largest absolute Gasteiger partial charge is 0.496 e. The summed E-state index contributed by atoms with van der Waals surface area (Å²) >= 11 is 0. The molecule has 3 aliphatic rings. The molecule has 0 bridgehead atoms. The van der Waals surface area contributed by atoms with E-state index in [-0.39, 0.29) is 11.7 Å². The Kier molecular flexibility index (Phi) is 8.12. The van der Waals surface area contributed by atoms with E-state index in [2.05, 4.69) is 16.4 Å². The predicted molar refractivity (Wildman–Crippen MR) is 155 cm³/mol. The van der Waals surface area contributed by atoms with Crippen molar-refractivity contribution in [3.63, 3.8) is 0 Å². The van der Waals surface area contributed by atoms with E-state index < -0.39 is 11.4 Å². The number of ketones is 1. The number of benzene rings is 2. The number of ether oxygens (including phenoxy) is 3. The second kappa shape index (κ2) is 11.7. The van der Waals surface area contributed by atoms with Gasteiger partial charge in [-0.15, -0.1) is 0 Å². The molecule has 6 rings (SSSR count). The third kappa shape index (κ3) is 5.18. The number of para-hydroxylation sites is 1. The lowest BCUT2D eigenvalue weighted by atomic mass is 9.63. The monoisotopic (exact) mass is 542 g/mol. The number of dihydropyridines is 1. The summed E-state index contributed by atoms with van der Waals surface area (Å²) in [7, 11) is 3.04. The molecule has 40 heavy (non-hydrogen) atoms. The number of H-pyrrole nitrogens is 1. The molecule has 1 aromatic heterocycles. The van der Waals surface area contributed by atoms with E-state index in [1.165, 1.54) is 20.0 Å². The molecule has 2 aromatic carbocycles. The van der Waals surface area contributed by atoms with Crippen LogP contribution in [0.5, 0.6) is 5.75 Å². The van der Waals surface area contributed by atoms with Gasteiger partial charge in [0.2, 0.25) is 0 Å². The van der Waals surface area contributed by atoms with Gasteiger partial charge in [0.25, 0.3) is 0 Å². The first-order chi connectivity index (χ1) is 19.4. The second-order valence-corrected chi connectivity index (χ2v) is 10.9. The third-order valence-corrected chi connectivity index (χ3v) is 8.30. The molecule has 0 saturated carbocycles. The van der Waals surface area contributed by atoms with Crippen molar-refractivity contribution in [3.8, 4) is 5.75 Å². The smallest absolute Gasteiger partial charge is 0.336 e. The van der Waals surface area contributed by atoms with Gasteiger partial charge in [-0.3, -0.25) is 4.79 Å². The SMILES string of the molecule is C1CCOC1.COC(=O)C1=C(C)NC2=C(C(=O)CC(c3ccccc3OC)C2)[C@]1(C)Cc1cccc2[nH]ccc12. The fraction of sp³-hybridized carbons (Fsp3) is 0.394. The highest BCUT2D eigenvalue weighted by atomic mass is 16.5. The van der Waals surface area contributed by atoms with Crippen LogP contribution in [0.1, 0.15) is 56.6 Å². The molecule has 3 aromatic rings. The number of aromatic amines is 1. The van der Waals surface area contributed by atoms with Gasteiger partial charge in [-0.1, -0.05) is 37.3 Å². The van der Waals surface area contributed by atoms with Crippen LogP contribution in [0.25, 0.3) is 10.9 Å². The second-order valence-electron chi connectivity index (χ2n) is 10.9. The van der Waals surface area contributed by atoms with Gasteiger partial charge in [0.15, 0.2) is 5.78 Å². The average Bonchev–Trinajstić information content (AvgIpc) is 3.68. The summed E-state index contributed by atoms with van der Waals surface area (Å²) in [6, 6.07) is 16.0. The van der Waals surface area contributed by atoms with E-state index in [0.29, 0.717) is 30.4 Å². The van der Waals surface area contributed by atoms with Crippen LogP contribution < -0.4 is 10.1 Å². The summed E-state index contributed by atoms with van der Waals surface area (Å²) < 4.78 is 15.7. The molecule has 3 heterocycles. The van der Waals surface area contributed by atoms with Gasteiger partial charge < -0.3 is 24.5 Å². The number of aromatic nitrogens is 1. The number of rotatable bonds is 5. The molecule has 7 heteroatoms. The maximum Gasteiger partial charge on any atom is 0.336 e. The number of fused-ring (bicyclic) bond motifs is 1. The molecule has 2 aliphatic heterocycles. The van der Waals surface area contributed by atoms with E-state index in [1.54, 1.807) is 7.11 Å². The van der Waals surface area contributed by atoms with Crippen LogP contribution in [-0.2, 0) is 25.5 Å². The third-order valence-electron chi connectivity index (χ3n) is 8.30. The highest BCUT2D eigenvalue weighted by Gasteiger charge is 2.48. The van der Waals surface area contributed by atoms with Gasteiger partial charge >= 0.3 is 5.97 Å². The maximum absolute atomic E-state index is 13.9. The molecule has 1 fully saturated rings. The molecular weight excluding hydrogens is 504 g/mol. The van der Waals surface area contributed by atoms with Gasteiger partial charge in [-0.25, -0.2) is 4.79 Å². The van der Waals surface area contributed by atoms with Crippen molar-refractivity contribution in [3.05, 3.63) is 88.4 Å². The zero-order chi connectivity index (χ0) is 28.3. The van der Waals surface area contributed by atoms with E-state index in [1.807, 2.05) is 62.5 Å². The van der Waals surface area contributed by atoms with E-state index in [9.17, 15) is 9.59 Å². The number of carbonyl (C=O) groups is 2. The number of allylic oxidation sites excluding steroid dienone is 3. The Hall–Kier alpha value is -3.84. The number of Topliss-reactive ketones (excluding diaryl/α,β-unsaturated/α-hetero) is 1. The maximum atomic E-state index is 13.9. The Morgan fingerprint density at radius 3 is 2.52 bits per heavy atom. The number of hydrogen-bond acceptors (Lipinski definition) is 6. The van der Waals surface area contributed by atoms with Crippen LogP contribution in [0.2, 0.25) is 0 Å². The number of methoxy groups -OCH3 is 2. The van der Waals surface area contributed by atoms with Crippen molar-refractivity contribution < 1.29 is 23.8 Å². The zero-order valence-corrected chi connectivity index (χ0v) is 23.8. The minimum Gasteiger partial charge on any atom is -0.496 e. The summed E-state index contributed by atoms with van der Waals surface area (Å²) in [5.41, 5.74) is 5.11. The molecule has 1 aliphatic carbocycles. The Morgan fingerprint density at radius 1 is 1.05 bits per heavy atom. The summed E-state index contributed by atoms with van der Waals surface area (Å²) in [6.07, 6.45) is 6.00. The fourth-order valence-corrected chi connectivity index (χ4v) is 6.57. The van der Waals surface area contributed by atoms with E-state index in [0.717, 1.165) is 52.4 Å². The van der Waals surface area contributed by atoms with Crippen molar-refractivity contribution in [1.82, 2.24) is 10.3 Å². The van der Waals surface area contributed by atoms with E-state index >= 15 is 0 Å². The first-order valence-corrected chi connectivity index (χ1v) is 14.0. The molecule has 1 saturated heterocycles. The molecule has 0 amide bonds. The van der Waals surface area contributed by atoms with Crippen molar-refractivity contribution in [2.24, 2.45) is 5.41 Å². The number of carbonyl (C=O) groups excluding carboxylic acids is 2. The molecular formula is C33H38N2O5. The number of nitrogens with one attached hydrogen (secondary N) is 2. The molecule has 1 unspecified atom stereocenters. The lowest BCUT2D eigenvalue weighted by molar-refractivity contribution is -0.137. The van der Waals surface area contributed by atoms with Crippen LogP contribution in [0.3, 0.4) is 0 Å².